The van der Waals surface area contributed by atoms with Crippen molar-refractivity contribution in [2.24, 2.45) is 11.8 Å². The average molecular weight is 412 g/mol. The lowest BCUT2D eigenvalue weighted by Gasteiger charge is -2.20. The second kappa shape index (κ2) is 19.8. The van der Waals surface area contributed by atoms with Crippen molar-refractivity contribution in [3.05, 3.63) is 0 Å². The molecule has 0 bridgehead atoms. The SMILES string of the molecule is C.CC1CCCCC1.CC1CCCCN1.CC1CCNCC1.CN1CCCCC1. The third-order valence-electron chi connectivity index (χ3n) is 6.66. The maximum atomic E-state index is 3.38. The first-order valence-electron chi connectivity index (χ1n) is 12.7. The van der Waals surface area contributed by atoms with Gasteiger partial charge in [-0.3, -0.25) is 0 Å². The van der Waals surface area contributed by atoms with E-state index in [2.05, 4.69) is 43.4 Å². The molecule has 176 valence electrons. The Labute approximate surface area is 185 Å². The van der Waals surface area contributed by atoms with Crippen molar-refractivity contribution in [3.8, 4) is 0 Å². The first-order valence-corrected chi connectivity index (χ1v) is 12.7. The average Bonchev–Trinajstić information content (AvgIpc) is 2.72. The summed E-state index contributed by atoms with van der Waals surface area (Å²) in [4.78, 5) is 2.39. The van der Waals surface area contributed by atoms with Gasteiger partial charge in [0.2, 0.25) is 0 Å². The van der Waals surface area contributed by atoms with Crippen molar-refractivity contribution in [2.75, 3.05) is 39.8 Å². The van der Waals surface area contributed by atoms with Gasteiger partial charge in [0, 0.05) is 6.04 Å². The van der Waals surface area contributed by atoms with E-state index >= 15 is 0 Å². The molecule has 4 aliphatic rings. The quantitative estimate of drug-likeness (QED) is 0.477. The lowest BCUT2D eigenvalue weighted by Crippen LogP contribution is -2.30. The van der Waals surface area contributed by atoms with Crippen LogP contribution in [-0.2, 0) is 0 Å². The van der Waals surface area contributed by atoms with Gasteiger partial charge in [-0.2, -0.15) is 0 Å². The summed E-state index contributed by atoms with van der Waals surface area (Å²) in [6.07, 6.45) is 18.6. The van der Waals surface area contributed by atoms with Gasteiger partial charge in [0.15, 0.2) is 0 Å². The molecule has 3 aliphatic heterocycles. The molecule has 3 saturated heterocycles. The van der Waals surface area contributed by atoms with Gasteiger partial charge < -0.3 is 15.5 Å². The Hall–Kier alpha value is -0.120. The third-order valence-corrected chi connectivity index (χ3v) is 6.66. The van der Waals surface area contributed by atoms with E-state index in [1.54, 1.807) is 0 Å². The fourth-order valence-corrected chi connectivity index (χ4v) is 4.35. The molecule has 0 aromatic carbocycles. The Kier molecular flexibility index (Phi) is 19.7. The molecule has 29 heavy (non-hydrogen) atoms. The maximum Gasteiger partial charge on any atom is 0.00387 e. The molecule has 1 saturated carbocycles. The van der Waals surface area contributed by atoms with Gasteiger partial charge >= 0.3 is 0 Å². The van der Waals surface area contributed by atoms with Crippen LogP contribution >= 0.6 is 0 Å². The normalized spacial score (nSPS) is 26.3. The summed E-state index contributed by atoms with van der Waals surface area (Å²) in [5.41, 5.74) is 0. The Morgan fingerprint density at radius 2 is 1.10 bits per heavy atom. The summed E-state index contributed by atoms with van der Waals surface area (Å²) in [5.74, 6) is 2.01. The van der Waals surface area contributed by atoms with Gasteiger partial charge in [-0.05, 0) is 97.1 Å². The molecular weight excluding hydrogens is 354 g/mol. The van der Waals surface area contributed by atoms with E-state index < -0.39 is 0 Å². The molecule has 1 unspecified atom stereocenters. The Morgan fingerprint density at radius 3 is 1.38 bits per heavy atom. The molecule has 3 heterocycles. The summed E-state index contributed by atoms with van der Waals surface area (Å²) in [5, 5.41) is 6.70. The van der Waals surface area contributed by atoms with E-state index in [4.69, 9.17) is 0 Å². The van der Waals surface area contributed by atoms with Crippen molar-refractivity contribution in [2.45, 2.75) is 118 Å². The topological polar surface area (TPSA) is 27.3 Å². The number of nitrogens with one attached hydrogen (secondary N) is 2. The lowest BCUT2D eigenvalue weighted by atomic mass is 9.91. The largest absolute Gasteiger partial charge is 0.317 e. The van der Waals surface area contributed by atoms with Crippen molar-refractivity contribution < 1.29 is 0 Å². The van der Waals surface area contributed by atoms with E-state index in [1.807, 2.05) is 0 Å². The predicted octanol–water partition coefficient (Wildman–Crippen LogP) is 6.48. The second-order valence-corrected chi connectivity index (χ2v) is 9.89. The van der Waals surface area contributed by atoms with Crippen LogP contribution in [0.3, 0.4) is 0 Å². The molecule has 1 atom stereocenters. The van der Waals surface area contributed by atoms with Gasteiger partial charge in [0.05, 0.1) is 0 Å². The molecule has 0 spiro atoms. The van der Waals surface area contributed by atoms with Crippen LogP contribution in [0.2, 0.25) is 0 Å². The van der Waals surface area contributed by atoms with Crippen LogP contribution in [-0.4, -0.2) is 50.7 Å². The third kappa shape index (κ3) is 18.4. The van der Waals surface area contributed by atoms with Crippen LogP contribution in [0.15, 0.2) is 0 Å². The fraction of sp³-hybridized carbons (Fsp3) is 1.00. The van der Waals surface area contributed by atoms with Crippen molar-refractivity contribution in [3.63, 3.8) is 0 Å². The van der Waals surface area contributed by atoms with E-state index in [9.17, 15) is 0 Å². The summed E-state index contributed by atoms with van der Waals surface area (Å²) >= 11 is 0. The maximum absolute atomic E-state index is 3.38. The highest BCUT2D eigenvalue weighted by Crippen LogP contribution is 2.22. The van der Waals surface area contributed by atoms with Crippen molar-refractivity contribution >= 4 is 0 Å². The number of likely N-dealkylation sites (tertiary alicyclic amines) is 1. The summed E-state index contributed by atoms with van der Waals surface area (Å²) in [7, 11) is 2.19. The zero-order chi connectivity index (χ0) is 20.5. The van der Waals surface area contributed by atoms with Gasteiger partial charge in [-0.1, -0.05) is 66.2 Å². The standard InChI is InChI=1S/C7H14.3C6H13N.CH4/c1-7-5-3-2-4-6-7;1-6-2-4-7-5-3-6;1-7-5-3-2-4-6-7;1-6-4-2-3-5-7-6;/h7H,2-6H2,1H3;6-7H,2-5H2,1H3;2-6H2,1H3;6-7H,2-5H2,1H3;1H4. The first-order chi connectivity index (χ1) is 13.6. The summed E-state index contributed by atoms with van der Waals surface area (Å²) < 4.78 is 0. The molecule has 4 fully saturated rings. The fourth-order valence-electron chi connectivity index (χ4n) is 4.35. The highest BCUT2D eigenvalue weighted by atomic mass is 15.1. The molecular formula is C26H57N3. The first kappa shape index (κ1) is 28.9. The van der Waals surface area contributed by atoms with E-state index in [-0.39, 0.29) is 7.43 Å². The Bertz CT molecular complexity index is 246. The highest BCUT2D eigenvalue weighted by molar-refractivity contribution is 4.66. The van der Waals surface area contributed by atoms with E-state index in [1.165, 1.54) is 116 Å². The summed E-state index contributed by atoms with van der Waals surface area (Å²) in [6.45, 7) is 13.3. The molecule has 0 aromatic heterocycles. The second-order valence-electron chi connectivity index (χ2n) is 9.89. The molecule has 3 nitrogen and oxygen atoms in total. The van der Waals surface area contributed by atoms with Gasteiger partial charge in [-0.15, -0.1) is 0 Å². The molecule has 4 rings (SSSR count). The monoisotopic (exact) mass is 411 g/mol. The van der Waals surface area contributed by atoms with Crippen LogP contribution in [0.5, 0.6) is 0 Å². The number of nitrogens with zero attached hydrogens (tertiary/aromatic N) is 1. The van der Waals surface area contributed by atoms with Crippen molar-refractivity contribution in [1.29, 1.82) is 0 Å². The van der Waals surface area contributed by atoms with Gasteiger partial charge in [-0.25, -0.2) is 0 Å². The Balaban J connectivity index is 0.000000356. The zero-order valence-corrected chi connectivity index (χ0v) is 19.9. The van der Waals surface area contributed by atoms with Crippen LogP contribution in [0.4, 0.5) is 0 Å². The van der Waals surface area contributed by atoms with Crippen molar-refractivity contribution in [1.82, 2.24) is 15.5 Å². The van der Waals surface area contributed by atoms with Crippen LogP contribution in [0, 0.1) is 11.8 Å². The zero-order valence-electron chi connectivity index (χ0n) is 19.9. The molecule has 0 radical (unpaired) electrons. The number of rotatable bonds is 0. The number of hydrogen-bond donors (Lipinski definition) is 2. The summed E-state index contributed by atoms with van der Waals surface area (Å²) in [6, 6.07) is 0.786. The van der Waals surface area contributed by atoms with E-state index in [0.29, 0.717) is 0 Å². The minimum Gasteiger partial charge on any atom is -0.317 e. The minimum atomic E-state index is 0. The molecule has 3 heteroatoms. The molecule has 1 aliphatic carbocycles. The van der Waals surface area contributed by atoms with Crippen LogP contribution in [0.1, 0.15) is 112 Å². The lowest BCUT2D eigenvalue weighted by molar-refractivity contribution is 0.277. The van der Waals surface area contributed by atoms with Gasteiger partial charge in [0.1, 0.15) is 0 Å². The van der Waals surface area contributed by atoms with E-state index in [0.717, 1.165) is 17.9 Å². The van der Waals surface area contributed by atoms with Crippen LogP contribution < -0.4 is 10.6 Å². The van der Waals surface area contributed by atoms with Gasteiger partial charge in [0.25, 0.3) is 0 Å². The molecule has 2 N–H and O–H groups in total. The minimum absolute atomic E-state index is 0. The smallest absolute Gasteiger partial charge is 0.00387 e. The molecule has 0 aromatic rings. The Morgan fingerprint density at radius 1 is 0.586 bits per heavy atom. The predicted molar refractivity (Wildman–Crippen MR) is 133 cm³/mol. The number of hydrogen-bond acceptors (Lipinski definition) is 3. The molecule has 0 amide bonds. The highest BCUT2D eigenvalue weighted by Gasteiger charge is 2.06. The number of piperidine rings is 3. The van der Waals surface area contributed by atoms with Crippen LogP contribution in [0.25, 0.3) is 0 Å².